The zero-order valence-electron chi connectivity index (χ0n) is 19.2. The predicted molar refractivity (Wildman–Crippen MR) is 130 cm³/mol. The number of methoxy groups -OCH3 is 2. The minimum atomic E-state index is -0.692. The Labute approximate surface area is 196 Å². The quantitative estimate of drug-likeness (QED) is 0.405. The topological polar surface area (TPSA) is 56.8 Å². The molecule has 1 unspecified atom stereocenters. The molecule has 1 aromatic heterocycles. The zero-order chi connectivity index (χ0) is 23.8. The first-order valence-electron chi connectivity index (χ1n) is 10.5. The Balaban J connectivity index is 2.15. The molecule has 0 saturated heterocycles. The number of benzene rings is 2. The first kappa shape index (κ1) is 22.9. The van der Waals surface area contributed by atoms with Crippen molar-refractivity contribution >= 4 is 29.1 Å². The van der Waals surface area contributed by atoms with Gasteiger partial charge in [-0.3, -0.25) is 4.79 Å². The number of carbonyl (C=O) groups is 1. The zero-order valence-corrected chi connectivity index (χ0v) is 20.0. The maximum Gasteiger partial charge on any atom is 0.294 e. The highest BCUT2D eigenvalue weighted by atomic mass is 32.1. The van der Waals surface area contributed by atoms with Crippen LogP contribution < -0.4 is 14.8 Å². The van der Waals surface area contributed by atoms with Crippen LogP contribution >= 0.6 is 11.3 Å². The minimum absolute atomic E-state index is 0.279. The van der Waals surface area contributed by atoms with Gasteiger partial charge < -0.3 is 19.5 Å². The Bertz CT molecular complexity index is 1220. The molecule has 1 aliphatic heterocycles. The summed E-state index contributed by atoms with van der Waals surface area (Å²) in [6.45, 7) is 6.67. The molecule has 0 saturated carbocycles. The number of allylic oxidation sites excluding steroid dienone is 1. The predicted octanol–water partition coefficient (Wildman–Crippen LogP) is 6.44. The van der Waals surface area contributed by atoms with E-state index in [1.165, 1.54) is 30.6 Å². The average molecular weight is 468 g/mol. The number of ether oxygens (including phenoxy) is 3. The van der Waals surface area contributed by atoms with Crippen molar-refractivity contribution in [3.63, 3.8) is 0 Å². The fourth-order valence-corrected chi connectivity index (χ4v) is 5.31. The van der Waals surface area contributed by atoms with E-state index >= 15 is 0 Å². The number of carbonyl (C=O) groups excluding carboxylic acids is 1. The Kier molecular flexibility index (Phi) is 6.17. The highest BCUT2D eigenvalue weighted by molar-refractivity contribution is 7.10. The van der Waals surface area contributed by atoms with E-state index in [9.17, 15) is 9.18 Å². The maximum atomic E-state index is 14.1. The van der Waals surface area contributed by atoms with Gasteiger partial charge in [-0.1, -0.05) is 12.1 Å². The molecule has 1 atom stereocenters. The van der Waals surface area contributed by atoms with E-state index in [2.05, 4.69) is 25.2 Å². The van der Waals surface area contributed by atoms with Gasteiger partial charge in [-0.05, 0) is 49.9 Å². The summed E-state index contributed by atoms with van der Waals surface area (Å²) in [5.41, 5.74) is 4.61. The third-order valence-electron chi connectivity index (χ3n) is 5.67. The number of anilines is 1. The van der Waals surface area contributed by atoms with Crippen molar-refractivity contribution in [3.8, 4) is 22.6 Å². The monoisotopic (exact) mass is 467 g/mol. The summed E-state index contributed by atoms with van der Waals surface area (Å²) >= 11 is 1.49. The number of hydrogen-bond acceptors (Lipinski definition) is 6. The van der Waals surface area contributed by atoms with Gasteiger partial charge in [0.15, 0.2) is 6.10 Å². The summed E-state index contributed by atoms with van der Waals surface area (Å²) in [4.78, 5) is 12.5. The SMILES string of the molecule is COc1cc(F)ccc1-c1c(OC)cc2c(c1C(OC=O)c1cccs1)C(C)=CC(C)(C)N2. The Morgan fingerprint density at radius 3 is 2.48 bits per heavy atom. The van der Waals surface area contributed by atoms with E-state index in [0.717, 1.165) is 27.3 Å². The molecule has 2 aromatic carbocycles. The second-order valence-electron chi connectivity index (χ2n) is 8.44. The molecule has 33 heavy (non-hydrogen) atoms. The molecule has 0 spiro atoms. The van der Waals surface area contributed by atoms with Gasteiger partial charge in [0.1, 0.15) is 17.3 Å². The Morgan fingerprint density at radius 1 is 1.09 bits per heavy atom. The van der Waals surface area contributed by atoms with Crippen molar-refractivity contribution in [1.29, 1.82) is 0 Å². The van der Waals surface area contributed by atoms with Crippen LogP contribution in [0.4, 0.5) is 10.1 Å². The molecule has 172 valence electrons. The fraction of sp³-hybridized carbons (Fsp3) is 0.269. The summed E-state index contributed by atoms with van der Waals surface area (Å²) < 4.78 is 31.1. The molecule has 0 bridgehead atoms. The molecular weight excluding hydrogens is 441 g/mol. The lowest BCUT2D eigenvalue weighted by atomic mass is 9.82. The molecule has 0 radical (unpaired) electrons. The first-order chi connectivity index (χ1) is 15.8. The second kappa shape index (κ2) is 8.90. The van der Waals surface area contributed by atoms with E-state index in [4.69, 9.17) is 14.2 Å². The molecule has 7 heteroatoms. The summed E-state index contributed by atoms with van der Waals surface area (Å²) in [5, 5.41) is 5.49. The standard InChI is InChI=1S/C26H26FNO4S/c1-15-13-26(2,3)28-18-12-20(31-5)23(17-9-8-16(27)11-19(17)30-4)24(22(15)18)25(32-14-29)21-7-6-10-33-21/h6-14,25,28H,1-5H3. The highest BCUT2D eigenvalue weighted by Gasteiger charge is 2.34. The highest BCUT2D eigenvalue weighted by Crippen LogP contribution is 2.51. The summed E-state index contributed by atoms with van der Waals surface area (Å²) in [6, 6.07) is 10.1. The van der Waals surface area contributed by atoms with Crippen LogP contribution in [0.5, 0.6) is 11.5 Å². The fourth-order valence-electron chi connectivity index (χ4n) is 4.54. The molecule has 1 aliphatic rings. The van der Waals surface area contributed by atoms with Crippen molar-refractivity contribution in [3.05, 3.63) is 69.7 Å². The molecular formula is C26H26FNO4S. The van der Waals surface area contributed by atoms with Gasteiger partial charge in [-0.2, -0.15) is 0 Å². The molecule has 3 aromatic rings. The van der Waals surface area contributed by atoms with Gasteiger partial charge in [0, 0.05) is 45.0 Å². The number of rotatable bonds is 7. The smallest absolute Gasteiger partial charge is 0.294 e. The third-order valence-corrected chi connectivity index (χ3v) is 6.58. The van der Waals surface area contributed by atoms with Crippen LogP contribution in [0.1, 0.15) is 42.9 Å². The molecule has 0 fully saturated rings. The van der Waals surface area contributed by atoms with Gasteiger partial charge in [0.2, 0.25) is 0 Å². The molecule has 5 nitrogen and oxygen atoms in total. The lowest BCUT2D eigenvalue weighted by Gasteiger charge is -2.35. The van der Waals surface area contributed by atoms with Crippen LogP contribution in [0.2, 0.25) is 0 Å². The summed E-state index contributed by atoms with van der Waals surface area (Å²) in [7, 11) is 3.08. The van der Waals surface area contributed by atoms with Crippen molar-refractivity contribution in [2.75, 3.05) is 19.5 Å². The Morgan fingerprint density at radius 2 is 1.85 bits per heavy atom. The minimum Gasteiger partial charge on any atom is -0.496 e. The number of nitrogens with one attached hydrogen (secondary N) is 1. The van der Waals surface area contributed by atoms with Gasteiger partial charge >= 0.3 is 0 Å². The van der Waals surface area contributed by atoms with Gasteiger partial charge in [0.05, 0.1) is 19.8 Å². The third kappa shape index (κ3) is 4.20. The lowest BCUT2D eigenvalue weighted by Crippen LogP contribution is -2.32. The summed E-state index contributed by atoms with van der Waals surface area (Å²) in [6.07, 6.45) is 1.45. The van der Waals surface area contributed by atoms with E-state index in [-0.39, 0.29) is 5.54 Å². The van der Waals surface area contributed by atoms with E-state index in [1.807, 2.05) is 30.5 Å². The van der Waals surface area contributed by atoms with Crippen molar-refractivity contribution in [2.24, 2.45) is 0 Å². The molecule has 1 N–H and O–H groups in total. The van der Waals surface area contributed by atoms with Crippen LogP contribution in [0.25, 0.3) is 16.7 Å². The lowest BCUT2D eigenvalue weighted by molar-refractivity contribution is -0.132. The van der Waals surface area contributed by atoms with Crippen LogP contribution in [-0.4, -0.2) is 26.2 Å². The number of thiophene rings is 1. The first-order valence-corrected chi connectivity index (χ1v) is 11.4. The van der Waals surface area contributed by atoms with Crippen LogP contribution in [0.15, 0.2) is 47.9 Å². The molecule has 4 rings (SSSR count). The van der Waals surface area contributed by atoms with E-state index in [0.29, 0.717) is 29.1 Å². The van der Waals surface area contributed by atoms with Crippen molar-refractivity contribution in [1.82, 2.24) is 0 Å². The van der Waals surface area contributed by atoms with Crippen LogP contribution in [-0.2, 0) is 9.53 Å². The number of fused-ring (bicyclic) bond motifs is 1. The molecule has 0 aliphatic carbocycles. The Hall–Kier alpha value is -3.32. The van der Waals surface area contributed by atoms with Crippen molar-refractivity contribution in [2.45, 2.75) is 32.4 Å². The normalized spacial score (nSPS) is 15.0. The van der Waals surface area contributed by atoms with Crippen LogP contribution in [0, 0.1) is 5.82 Å². The number of halogens is 1. The summed E-state index contributed by atoms with van der Waals surface area (Å²) in [5.74, 6) is 0.506. The van der Waals surface area contributed by atoms with Crippen molar-refractivity contribution < 1.29 is 23.4 Å². The van der Waals surface area contributed by atoms with Gasteiger partial charge in [-0.25, -0.2) is 4.39 Å². The molecule has 0 amide bonds. The van der Waals surface area contributed by atoms with E-state index < -0.39 is 11.9 Å². The second-order valence-corrected chi connectivity index (χ2v) is 9.42. The van der Waals surface area contributed by atoms with Crippen LogP contribution in [0.3, 0.4) is 0 Å². The average Bonchev–Trinajstić information content (AvgIpc) is 3.30. The largest absolute Gasteiger partial charge is 0.496 e. The number of hydrogen-bond donors (Lipinski definition) is 1. The van der Waals surface area contributed by atoms with E-state index in [1.54, 1.807) is 13.2 Å². The maximum absolute atomic E-state index is 14.1. The van der Waals surface area contributed by atoms with Gasteiger partial charge in [-0.15, -0.1) is 11.3 Å². The molecule has 2 heterocycles. The van der Waals surface area contributed by atoms with Gasteiger partial charge in [0.25, 0.3) is 6.47 Å².